The molecule has 0 radical (unpaired) electrons. The lowest BCUT2D eigenvalue weighted by Crippen LogP contribution is -2.48. The Morgan fingerprint density at radius 1 is 1.36 bits per heavy atom. The first-order valence-electron chi connectivity index (χ1n) is 8.06. The Morgan fingerprint density at radius 2 is 2.09 bits per heavy atom. The fraction of sp³-hybridized carbons (Fsp3) is 0.588. The molecule has 1 aliphatic rings. The minimum absolute atomic E-state index is 0.0978. The molecule has 1 fully saturated rings. The van der Waals surface area contributed by atoms with Crippen molar-refractivity contribution in [2.75, 3.05) is 32.8 Å². The molecule has 0 spiro atoms. The van der Waals surface area contributed by atoms with Gasteiger partial charge in [0, 0.05) is 32.1 Å². The number of benzene rings is 1. The van der Waals surface area contributed by atoms with E-state index in [1.54, 1.807) is 18.2 Å². The Kier molecular flexibility index (Phi) is 6.04. The van der Waals surface area contributed by atoms with E-state index >= 15 is 0 Å². The summed E-state index contributed by atoms with van der Waals surface area (Å²) in [7, 11) is 0. The summed E-state index contributed by atoms with van der Waals surface area (Å²) in [5, 5.41) is 0. The molecule has 5 heteroatoms. The highest BCUT2D eigenvalue weighted by atomic mass is 19.1. The summed E-state index contributed by atoms with van der Waals surface area (Å²) in [6.45, 7) is 7.36. The van der Waals surface area contributed by atoms with Crippen LogP contribution in [0.5, 0.6) is 5.75 Å². The number of halogens is 1. The van der Waals surface area contributed by atoms with Crippen molar-refractivity contribution in [2.24, 2.45) is 5.92 Å². The summed E-state index contributed by atoms with van der Waals surface area (Å²) in [5.41, 5.74) is 0. The number of ether oxygens (including phenoxy) is 1. The highest BCUT2D eigenvalue weighted by molar-refractivity contribution is 5.74. The molecule has 1 aromatic rings. The van der Waals surface area contributed by atoms with E-state index in [0.29, 0.717) is 13.2 Å². The second-order valence-electron chi connectivity index (χ2n) is 5.65. The normalized spacial score (nSPS) is 18.1. The van der Waals surface area contributed by atoms with Crippen molar-refractivity contribution in [1.82, 2.24) is 9.80 Å². The number of para-hydroxylation sites is 1. The predicted molar refractivity (Wildman–Crippen MR) is 84.5 cm³/mol. The van der Waals surface area contributed by atoms with Gasteiger partial charge in [0.05, 0.1) is 6.61 Å². The van der Waals surface area contributed by atoms with Gasteiger partial charge in [0.2, 0.25) is 0 Å². The lowest BCUT2D eigenvalue weighted by atomic mass is 9.99. The van der Waals surface area contributed by atoms with E-state index in [9.17, 15) is 9.18 Å². The third kappa shape index (κ3) is 4.12. The number of hydrogen-bond donors (Lipinski definition) is 0. The second kappa shape index (κ2) is 8.01. The van der Waals surface area contributed by atoms with Crippen LogP contribution in [0.15, 0.2) is 24.3 Å². The van der Waals surface area contributed by atoms with E-state index in [2.05, 4.69) is 0 Å². The number of carbonyl (C=O) groups excluding carboxylic acids is 1. The van der Waals surface area contributed by atoms with Crippen LogP contribution < -0.4 is 4.74 Å². The van der Waals surface area contributed by atoms with Gasteiger partial charge in [-0.15, -0.1) is 0 Å². The van der Waals surface area contributed by atoms with Crippen molar-refractivity contribution in [3.8, 4) is 5.75 Å². The van der Waals surface area contributed by atoms with Crippen LogP contribution in [0, 0.1) is 11.7 Å². The van der Waals surface area contributed by atoms with E-state index in [4.69, 9.17) is 4.74 Å². The monoisotopic (exact) mass is 308 g/mol. The van der Waals surface area contributed by atoms with Gasteiger partial charge in [0.25, 0.3) is 0 Å². The zero-order valence-corrected chi connectivity index (χ0v) is 13.4. The van der Waals surface area contributed by atoms with Crippen LogP contribution in [-0.2, 0) is 0 Å². The quantitative estimate of drug-likeness (QED) is 0.835. The molecule has 0 aromatic heterocycles. The second-order valence-corrected chi connectivity index (χ2v) is 5.65. The molecule has 1 aliphatic heterocycles. The lowest BCUT2D eigenvalue weighted by Gasteiger charge is -2.35. The van der Waals surface area contributed by atoms with Gasteiger partial charge >= 0.3 is 6.03 Å². The predicted octanol–water partition coefficient (Wildman–Crippen LogP) is 3.38. The molecule has 122 valence electrons. The highest BCUT2D eigenvalue weighted by Gasteiger charge is 2.26. The summed E-state index contributed by atoms with van der Waals surface area (Å²) in [4.78, 5) is 16.1. The van der Waals surface area contributed by atoms with Crippen LogP contribution in [0.2, 0.25) is 0 Å². The van der Waals surface area contributed by atoms with E-state index < -0.39 is 0 Å². The van der Waals surface area contributed by atoms with Gasteiger partial charge in [-0.3, -0.25) is 0 Å². The van der Waals surface area contributed by atoms with Crippen molar-refractivity contribution in [1.29, 1.82) is 0 Å². The van der Waals surface area contributed by atoms with Crippen LogP contribution in [-0.4, -0.2) is 48.6 Å². The molecule has 22 heavy (non-hydrogen) atoms. The van der Waals surface area contributed by atoms with Gasteiger partial charge in [0.15, 0.2) is 11.6 Å². The van der Waals surface area contributed by atoms with E-state index in [-0.39, 0.29) is 23.5 Å². The summed E-state index contributed by atoms with van der Waals surface area (Å²) in [6.07, 6.45) is 1.98. The Hall–Kier alpha value is -1.78. The van der Waals surface area contributed by atoms with Crippen LogP contribution >= 0.6 is 0 Å². The molecule has 0 aliphatic carbocycles. The summed E-state index contributed by atoms with van der Waals surface area (Å²) < 4.78 is 19.1. The van der Waals surface area contributed by atoms with Crippen LogP contribution in [0.4, 0.5) is 9.18 Å². The Bertz CT molecular complexity index is 491. The van der Waals surface area contributed by atoms with Crippen molar-refractivity contribution < 1.29 is 13.9 Å². The molecule has 1 atom stereocenters. The Labute approximate surface area is 131 Å². The van der Waals surface area contributed by atoms with Crippen molar-refractivity contribution in [3.05, 3.63) is 30.1 Å². The number of hydrogen-bond acceptors (Lipinski definition) is 2. The fourth-order valence-corrected chi connectivity index (χ4v) is 2.84. The third-order valence-electron chi connectivity index (χ3n) is 4.13. The number of likely N-dealkylation sites (tertiary alicyclic amines) is 1. The maximum absolute atomic E-state index is 13.5. The maximum atomic E-state index is 13.5. The van der Waals surface area contributed by atoms with Gasteiger partial charge in [-0.2, -0.15) is 0 Å². The highest BCUT2D eigenvalue weighted by Crippen LogP contribution is 2.21. The number of piperidine rings is 1. The molecule has 1 heterocycles. The summed E-state index contributed by atoms with van der Waals surface area (Å²) >= 11 is 0. The van der Waals surface area contributed by atoms with Crippen molar-refractivity contribution in [2.45, 2.75) is 26.7 Å². The lowest BCUT2D eigenvalue weighted by molar-refractivity contribution is 0.113. The van der Waals surface area contributed by atoms with Crippen molar-refractivity contribution >= 4 is 6.03 Å². The fourth-order valence-electron chi connectivity index (χ4n) is 2.84. The minimum atomic E-state index is -0.339. The first kappa shape index (κ1) is 16.6. The van der Waals surface area contributed by atoms with Gasteiger partial charge in [-0.1, -0.05) is 12.1 Å². The van der Waals surface area contributed by atoms with E-state index in [1.807, 2.05) is 23.6 Å². The average molecular weight is 308 g/mol. The molecule has 0 N–H and O–H groups in total. The first-order valence-corrected chi connectivity index (χ1v) is 8.06. The number of carbonyl (C=O) groups is 1. The average Bonchev–Trinajstić information content (AvgIpc) is 2.55. The van der Waals surface area contributed by atoms with Gasteiger partial charge in [-0.05, 0) is 38.8 Å². The van der Waals surface area contributed by atoms with Crippen LogP contribution in [0.3, 0.4) is 0 Å². The first-order chi connectivity index (χ1) is 10.7. The van der Waals surface area contributed by atoms with Gasteiger partial charge < -0.3 is 14.5 Å². The molecule has 0 bridgehead atoms. The molecule has 4 nitrogen and oxygen atoms in total. The largest absolute Gasteiger partial charge is 0.490 e. The van der Waals surface area contributed by atoms with Crippen LogP contribution in [0.25, 0.3) is 0 Å². The number of nitrogens with zero attached hydrogens (tertiary/aromatic N) is 2. The molecule has 0 saturated carbocycles. The standard InChI is InChI=1S/C17H25FN2O2/c1-3-19(4-2)17(21)20-11-7-8-14(12-20)13-22-16-10-6-5-9-15(16)18/h5-6,9-10,14H,3-4,7-8,11-13H2,1-2H3. The topological polar surface area (TPSA) is 32.8 Å². The van der Waals surface area contributed by atoms with E-state index in [1.165, 1.54) is 6.07 Å². The Morgan fingerprint density at radius 3 is 2.77 bits per heavy atom. The van der Waals surface area contributed by atoms with Crippen LogP contribution in [0.1, 0.15) is 26.7 Å². The molecular formula is C17H25FN2O2. The zero-order chi connectivity index (χ0) is 15.9. The van der Waals surface area contributed by atoms with Crippen molar-refractivity contribution in [3.63, 3.8) is 0 Å². The summed E-state index contributed by atoms with van der Waals surface area (Å²) in [5.74, 6) is 0.206. The summed E-state index contributed by atoms with van der Waals surface area (Å²) in [6, 6.07) is 6.53. The SMILES string of the molecule is CCN(CC)C(=O)N1CCCC(COc2ccccc2F)C1. The molecule has 1 unspecified atom stereocenters. The molecule has 2 amide bonds. The zero-order valence-electron chi connectivity index (χ0n) is 13.4. The number of amides is 2. The molecule has 1 aromatic carbocycles. The minimum Gasteiger partial charge on any atom is -0.490 e. The molecule has 1 saturated heterocycles. The molecule has 2 rings (SSSR count). The smallest absolute Gasteiger partial charge is 0.319 e. The Balaban J connectivity index is 1.88. The molecular weight excluding hydrogens is 283 g/mol. The maximum Gasteiger partial charge on any atom is 0.319 e. The number of rotatable bonds is 5. The number of urea groups is 1. The van der Waals surface area contributed by atoms with Gasteiger partial charge in [0.1, 0.15) is 0 Å². The van der Waals surface area contributed by atoms with E-state index in [0.717, 1.165) is 32.5 Å². The van der Waals surface area contributed by atoms with Gasteiger partial charge in [-0.25, -0.2) is 9.18 Å². The third-order valence-corrected chi connectivity index (χ3v) is 4.13.